The molecule has 3 atom stereocenters. The van der Waals surface area contributed by atoms with Crippen LogP contribution in [-0.4, -0.2) is 29.1 Å². The highest BCUT2D eigenvalue weighted by Gasteiger charge is 2.47. The van der Waals surface area contributed by atoms with Crippen LogP contribution in [-0.2, 0) is 12.6 Å². The van der Waals surface area contributed by atoms with E-state index >= 15 is 0 Å². The van der Waals surface area contributed by atoms with E-state index in [4.69, 9.17) is 10.5 Å². The van der Waals surface area contributed by atoms with Gasteiger partial charge in [-0.2, -0.15) is 13.2 Å². The van der Waals surface area contributed by atoms with Crippen molar-refractivity contribution in [3.63, 3.8) is 0 Å². The summed E-state index contributed by atoms with van der Waals surface area (Å²) in [4.78, 5) is 2.57. The van der Waals surface area contributed by atoms with Gasteiger partial charge >= 0.3 is 6.18 Å². The van der Waals surface area contributed by atoms with Crippen molar-refractivity contribution in [1.82, 2.24) is 4.90 Å². The molecule has 0 aromatic heterocycles. The lowest BCUT2D eigenvalue weighted by atomic mass is 9.87. The monoisotopic (exact) mass is 432 g/mol. The second-order valence-electron chi connectivity index (χ2n) is 9.26. The Labute approximate surface area is 182 Å². The zero-order valence-corrected chi connectivity index (χ0v) is 18.0. The smallest absolute Gasteiger partial charge is 0.416 e. The molecule has 31 heavy (non-hydrogen) atoms. The zero-order chi connectivity index (χ0) is 22.1. The molecule has 3 nitrogen and oxygen atoms in total. The van der Waals surface area contributed by atoms with Crippen LogP contribution in [0.4, 0.5) is 18.9 Å². The number of aryl methyl sites for hydroxylation is 1. The van der Waals surface area contributed by atoms with Gasteiger partial charge in [0.05, 0.1) is 5.56 Å². The van der Waals surface area contributed by atoms with E-state index in [2.05, 4.69) is 11.8 Å². The number of halogens is 3. The van der Waals surface area contributed by atoms with Crippen LogP contribution in [0.25, 0.3) is 0 Å². The number of hydrogen-bond acceptors (Lipinski definition) is 3. The van der Waals surface area contributed by atoms with Gasteiger partial charge in [-0.15, -0.1) is 0 Å². The summed E-state index contributed by atoms with van der Waals surface area (Å²) in [5, 5.41) is 0. The van der Waals surface area contributed by atoms with Crippen molar-refractivity contribution in [3.8, 4) is 5.75 Å². The molecule has 2 aliphatic rings. The van der Waals surface area contributed by atoms with Gasteiger partial charge in [0.1, 0.15) is 11.4 Å². The van der Waals surface area contributed by atoms with E-state index in [1.54, 1.807) is 12.1 Å². The lowest BCUT2D eigenvalue weighted by molar-refractivity contribution is -0.138. The fourth-order valence-electron chi connectivity index (χ4n) is 5.43. The molecule has 2 fully saturated rings. The Hall–Kier alpha value is -2.21. The first kappa shape index (κ1) is 22.0. The molecular weight excluding hydrogens is 401 g/mol. The van der Waals surface area contributed by atoms with Gasteiger partial charge in [-0.25, -0.2) is 0 Å². The second kappa shape index (κ2) is 8.73. The van der Waals surface area contributed by atoms with E-state index in [1.807, 2.05) is 24.3 Å². The number of piperidine rings is 1. The molecule has 6 heteroatoms. The first-order valence-electron chi connectivity index (χ1n) is 11.2. The molecule has 2 bridgehead atoms. The summed E-state index contributed by atoms with van der Waals surface area (Å²) < 4.78 is 45.9. The first-order valence-corrected chi connectivity index (χ1v) is 11.2. The Morgan fingerprint density at radius 2 is 1.65 bits per heavy atom. The van der Waals surface area contributed by atoms with Crippen LogP contribution in [0.1, 0.15) is 56.6 Å². The predicted molar refractivity (Wildman–Crippen MR) is 117 cm³/mol. The maximum Gasteiger partial charge on any atom is 0.416 e. The topological polar surface area (TPSA) is 38.5 Å². The van der Waals surface area contributed by atoms with Gasteiger partial charge in [-0.1, -0.05) is 18.2 Å². The highest BCUT2D eigenvalue weighted by Crippen LogP contribution is 2.43. The third kappa shape index (κ3) is 5.17. The minimum Gasteiger partial charge on any atom is -0.487 e. The summed E-state index contributed by atoms with van der Waals surface area (Å²) in [5.74, 6) is 0.855. The third-order valence-corrected chi connectivity index (χ3v) is 6.79. The fourth-order valence-corrected chi connectivity index (χ4v) is 5.43. The van der Waals surface area contributed by atoms with Crippen LogP contribution in [0.15, 0.2) is 48.5 Å². The van der Waals surface area contributed by atoms with Gasteiger partial charge in [0.25, 0.3) is 0 Å². The summed E-state index contributed by atoms with van der Waals surface area (Å²) in [6.45, 7) is 3.14. The molecule has 2 aliphatic heterocycles. The largest absolute Gasteiger partial charge is 0.487 e. The Kier molecular flexibility index (Phi) is 6.20. The van der Waals surface area contributed by atoms with Gasteiger partial charge in [0.15, 0.2) is 0 Å². The first-order chi connectivity index (χ1) is 14.7. The van der Waals surface area contributed by atoms with E-state index in [0.29, 0.717) is 24.1 Å². The summed E-state index contributed by atoms with van der Waals surface area (Å²) >= 11 is 0. The Morgan fingerprint density at radius 3 is 2.29 bits per heavy atom. The van der Waals surface area contributed by atoms with Crippen molar-refractivity contribution >= 4 is 5.69 Å². The standard InChI is InChI=1S/C25H31F3N2O/c1-24(31-22-13-9-19(29)10-14-22)16-20-11-12-21(17-24)30(20)15-5-4-7-18-6-2-3-8-23(18)25(26,27)28/h2-3,6,8-10,13-14,20-21H,4-5,7,11-12,15-17,29H2,1H3/t20-,21+,24?. The lowest BCUT2D eigenvalue weighted by Gasteiger charge is -2.45. The second-order valence-corrected chi connectivity index (χ2v) is 9.26. The molecule has 0 spiro atoms. The maximum atomic E-state index is 13.2. The van der Waals surface area contributed by atoms with Crippen LogP contribution in [0, 0.1) is 0 Å². The fraction of sp³-hybridized carbons (Fsp3) is 0.520. The van der Waals surface area contributed by atoms with Crippen LogP contribution < -0.4 is 10.5 Å². The summed E-state index contributed by atoms with van der Waals surface area (Å²) in [7, 11) is 0. The number of unbranched alkanes of at least 4 members (excludes halogenated alkanes) is 1. The number of fused-ring (bicyclic) bond motifs is 2. The lowest BCUT2D eigenvalue weighted by Crippen LogP contribution is -2.52. The Morgan fingerprint density at radius 1 is 1.00 bits per heavy atom. The van der Waals surface area contributed by atoms with Gasteiger partial charge in [0.2, 0.25) is 0 Å². The molecule has 168 valence electrons. The number of nitrogen functional groups attached to an aromatic ring is 1. The molecule has 4 rings (SSSR count). The van der Waals surface area contributed by atoms with Crippen molar-refractivity contribution in [1.29, 1.82) is 0 Å². The number of ether oxygens (including phenoxy) is 1. The molecule has 0 radical (unpaired) electrons. The number of nitrogens with two attached hydrogens (primary N) is 1. The average molecular weight is 433 g/mol. The van der Waals surface area contributed by atoms with Gasteiger partial charge in [-0.05, 0) is 81.5 Å². The average Bonchev–Trinajstić information content (AvgIpc) is 2.97. The molecule has 2 heterocycles. The molecule has 1 unspecified atom stereocenters. The van der Waals surface area contributed by atoms with Gasteiger partial charge < -0.3 is 10.5 Å². The summed E-state index contributed by atoms with van der Waals surface area (Å²) in [6.07, 6.45) is 2.16. The van der Waals surface area contributed by atoms with Gasteiger partial charge in [0, 0.05) is 30.6 Å². The highest BCUT2D eigenvalue weighted by molar-refractivity contribution is 5.41. The molecule has 0 amide bonds. The van der Waals surface area contributed by atoms with Crippen LogP contribution >= 0.6 is 0 Å². The SMILES string of the molecule is CC1(Oc2ccc(N)cc2)C[C@H]2CC[C@@H](C1)N2CCCCc1ccccc1C(F)(F)F. The van der Waals surface area contributed by atoms with Crippen molar-refractivity contribution in [2.24, 2.45) is 0 Å². The van der Waals surface area contributed by atoms with E-state index < -0.39 is 11.7 Å². The number of nitrogens with zero attached hydrogens (tertiary/aromatic N) is 1. The molecular formula is C25H31F3N2O. The van der Waals surface area contributed by atoms with Gasteiger partial charge in [-0.3, -0.25) is 4.90 Å². The quantitative estimate of drug-likeness (QED) is 0.426. The van der Waals surface area contributed by atoms with Crippen molar-refractivity contribution in [2.75, 3.05) is 12.3 Å². The van der Waals surface area contributed by atoms with E-state index in [0.717, 1.165) is 43.7 Å². The molecule has 2 saturated heterocycles. The minimum atomic E-state index is -4.28. The number of anilines is 1. The van der Waals surface area contributed by atoms with Crippen LogP contribution in [0.5, 0.6) is 5.75 Å². The van der Waals surface area contributed by atoms with E-state index in [1.165, 1.54) is 25.0 Å². The van der Waals surface area contributed by atoms with Crippen molar-refractivity contribution < 1.29 is 17.9 Å². The minimum absolute atomic E-state index is 0.190. The molecule has 0 aliphatic carbocycles. The number of alkyl halides is 3. The highest BCUT2D eigenvalue weighted by atomic mass is 19.4. The van der Waals surface area contributed by atoms with E-state index in [-0.39, 0.29) is 5.60 Å². The zero-order valence-electron chi connectivity index (χ0n) is 18.0. The summed E-state index contributed by atoms with van der Waals surface area (Å²) in [5.41, 5.74) is 6.22. The molecule has 0 saturated carbocycles. The molecule has 2 N–H and O–H groups in total. The Balaban J connectivity index is 1.29. The summed E-state index contributed by atoms with van der Waals surface area (Å²) in [6, 6.07) is 14.5. The van der Waals surface area contributed by atoms with Crippen molar-refractivity contribution in [2.45, 2.75) is 75.7 Å². The molecule has 2 aromatic carbocycles. The number of hydrogen-bond donors (Lipinski definition) is 1. The number of benzene rings is 2. The third-order valence-electron chi connectivity index (χ3n) is 6.79. The van der Waals surface area contributed by atoms with Crippen LogP contribution in [0.3, 0.4) is 0 Å². The Bertz CT molecular complexity index is 867. The van der Waals surface area contributed by atoms with E-state index in [9.17, 15) is 13.2 Å². The molecule has 2 aromatic rings. The maximum absolute atomic E-state index is 13.2. The van der Waals surface area contributed by atoms with Crippen LogP contribution in [0.2, 0.25) is 0 Å². The predicted octanol–water partition coefficient (Wildman–Crippen LogP) is 6.07. The normalized spacial score (nSPS) is 26.2. The van der Waals surface area contributed by atoms with Crippen molar-refractivity contribution in [3.05, 3.63) is 59.7 Å². The number of rotatable bonds is 7.